The fourth-order valence-corrected chi connectivity index (χ4v) is 2.73. The van der Waals surface area contributed by atoms with Crippen molar-refractivity contribution in [1.29, 1.82) is 0 Å². The molecule has 0 saturated heterocycles. The highest BCUT2D eigenvalue weighted by molar-refractivity contribution is 5.35. The minimum absolute atomic E-state index is 0.470. The topological polar surface area (TPSA) is 21.3 Å². The quantitative estimate of drug-likeness (QED) is 0.844. The van der Waals surface area contributed by atoms with E-state index in [9.17, 15) is 0 Å². The number of ether oxygens (including phenoxy) is 1. The highest BCUT2D eigenvalue weighted by Crippen LogP contribution is 2.25. The van der Waals surface area contributed by atoms with E-state index in [0.29, 0.717) is 5.92 Å². The van der Waals surface area contributed by atoms with E-state index in [0.717, 1.165) is 13.2 Å². The van der Waals surface area contributed by atoms with E-state index in [1.54, 1.807) is 18.2 Å². The average Bonchev–Trinajstić information content (AvgIpc) is 2.38. The number of fused-ring (bicyclic) bond motifs is 1. The minimum atomic E-state index is 0.470. The van der Waals surface area contributed by atoms with Gasteiger partial charge < -0.3 is 10.1 Å². The monoisotopic (exact) mass is 233 g/mol. The van der Waals surface area contributed by atoms with Crippen LogP contribution in [-0.4, -0.2) is 27.3 Å². The van der Waals surface area contributed by atoms with Crippen molar-refractivity contribution in [2.45, 2.75) is 31.6 Å². The predicted octanol–water partition coefficient (Wildman–Crippen LogP) is 2.51. The molecular weight excluding hydrogens is 210 g/mol. The fourth-order valence-electron chi connectivity index (χ4n) is 2.73. The first-order valence-electron chi connectivity index (χ1n) is 6.60. The number of benzene rings is 1. The van der Waals surface area contributed by atoms with Crippen molar-refractivity contribution >= 4 is 0 Å². The van der Waals surface area contributed by atoms with E-state index in [2.05, 4.69) is 23.5 Å². The van der Waals surface area contributed by atoms with E-state index in [1.165, 1.54) is 31.2 Å². The zero-order valence-corrected chi connectivity index (χ0v) is 11.0. The summed E-state index contributed by atoms with van der Waals surface area (Å²) in [6, 6.07) is 7.00. The van der Waals surface area contributed by atoms with Crippen LogP contribution < -0.4 is 5.32 Å². The second-order valence-electron chi connectivity index (χ2n) is 4.95. The van der Waals surface area contributed by atoms with Gasteiger partial charge in [-0.3, -0.25) is 0 Å². The zero-order chi connectivity index (χ0) is 12.1. The van der Waals surface area contributed by atoms with Crippen LogP contribution in [0.2, 0.25) is 0 Å². The van der Waals surface area contributed by atoms with Crippen LogP contribution in [0.4, 0.5) is 0 Å². The van der Waals surface area contributed by atoms with E-state index < -0.39 is 0 Å². The van der Waals surface area contributed by atoms with Crippen molar-refractivity contribution in [3.8, 4) is 0 Å². The number of hydrogen-bond donors (Lipinski definition) is 1. The van der Waals surface area contributed by atoms with Crippen LogP contribution in [0.15, 0.2) is 18.2 Å². The van der Waals surface area contributed by atoms with Crippen molar-refractivity contribution in [1.82, 2.24) is 5.32 Å². The van der Waals surface area contributed by atoms with Gasteiger partial charge in [0.25, 0.3) is 0 Å². The molecule has 0 heterocycles. The van der Waals surface area contributed by atoms with Gasteiger partial charge in [0, 0.05) is 19.6 Å². The van der Waals surface area contributed by atoms with Gasteiger partial charge in [-0.05, 0) is 49.4 Å². The number of aryl methyl sites for hydroxylation is 2. The Morgan fingerprint density at radius 2 is 2.00 bits per heavy atom. The molecule has 94 valence electrons. The van der Waals surface area contributed by atoms with Gasteiger partial charge in [-0.2, -0.15) is 0 Å². The molecule has 1 unspecified atom stereocenters. The maximum absolute atomic E-state index is 5.32. The smallest absolute Gasteiger partial charge is 0.0543 e. The van der Waals surface area contributed by atoms with Crippen LogP contribution in [0.5, 0.6) is 0 Å². The van der Waals surface area contributed by atoms with Gasteiger partial charge in [0.15, 0.2) is 0 Å². The lowest BCUT2D eigenvalue weighted by atomic mass is 9.87. The lowest BCUT2D eigenvalue weighted by molar-refractivity contribution is 0.178. The van der Waals surface area contributed by atoms with E-state index in [-0.39, 0.29) is 0 Å². The second kappa shape index (κ2) is 6.18. The van der Waals surface area contributed by atoms with Crippen LogP contribution >= 0.6 is 0 Å². The third-order valence-electron chi connectivity index (χ3n) is 3.66. The molecule has 2 rings (SSSR count). The average molecular weight is 233 g/mol. The number of rotatable bonds is 5. The Bertz CT molecular complexity index is 356. The summed E-state index contributed by atoms with van der Waals surface area (Å²) in [4.78, 5) is 0. The lowest BCUT2D eigenvalue weighted by Crippen LogP contribution is -2.21. The molecular formula is C15H23NO. The Balaban J connectivity index is 2.18. The molecule has 0 aromatic heterocycles. The summed E-state index contributed by atoms with van der Waals surface area (Å²) in [5.74, 6) is 0.470. The van der Waals surface area contributed by atoms with Gasteiger partial charge in [-0.25, -0.2) is 0 Å². The van der Waals surface area contributed by atoms with Gasteiger partial charge in [0.05, 0.1) is 6.61 Å². The summed E-state index contributed by atoms with van der Waals surface area (Å²) in [5, 5.41) is 3.25. The molecule has 0 radical (unpaired) electrons. The number of hydrogen-bond acceptors (Lipinski definition) is 2. The summed E-state index contributed by atoms with van der Waals surface area (Å²) < 4.78 is 5.32. The molecule has 2 nitrogen and oxygen atoms in total. The number of nitrogens with one attached hydrogen (secondary N) is 1. The second-order valence-corrected chi connectivity index (χ2v) is 4.95. The van der Waals surface area contributed by atoms with Gasteiger partial charge in [-0.1, -0.05) is 18.2 Å². The molecule has 0 aliphatic heterocycles. The van der Waals surface area contributed by atoms with Crippen LogP contribution in [0.1, 0.15) is 35.4 Å². The molecule has 1 atom stereocenters. The molecule has 17 heavy (non-hydrogen) atoms. The summed E-state index contributed by atoms with van der Waals surface area (Å²) in [6.45, 7) is 1.77. The van der Waals surface area contributed by atoms with Gasteiger partial charge in [-0.15, -0.1) is 0 Å². The Hall–Kier alpha value is -0.860. The van der Waals surface area contributed by atoms with Gasteiger partial charge in [0.2, 0.25) is 0 Å². The first-order chi connectivity index (χ1) is 8.35. The Labute approximate surface area is 104 Å². The van der Waals surface area contributed by atoms with Gasteiger partial charge in [0.1, 0.15) is 0 Å². The third kappa shape index (κ3) is 3.08. The van der Waals surface area contributed by atoms with Crippen molar-refractivity contribution < 1.29 is 4.74 Å². The van der Waals surface area contributed by atoms with Crippen LogP contribution in [0, 0.1) is 0 Å². The molecule has 1 aliphatic rings. The summed E-state index contributed by atoms with van der Waals surface area (Å²) in [5.41, 5.74) is 4.54. The normalized spacial score (nSPS) is 16.6. The standard InChI is InChI=1S/C15H23NO/c1-16-10-15(11-17-2)14-8-7-12-5-3-4-6-13(12)9-14/h7-9,15-16H,3-6,10-11H2,1-2H3. The molecule has 0 saturated carbocycles. The highest BCUT2D eigenvalue weighted by atomic mass is 16.5. The summed E-state index contributed by atoms with van der Waals surface area (Å²) in [6.07, 6.45) is 5.21. The molecule has 1 aromatic carbocycles. The van der Waals surface area contributed by atoms with Crippen molar-refractivity contribution in [3.05, 3.63) is 34.9 Å². The maximum atomic E-state index is 5.32. The molecule has 2 heteroatoms. The highest BCUT2D eigenvalue weighted by Gasteiger charge is 2.14. The summed E-state index contributed by atoms with van der Waals surface area (Å²) in [7, 11) is 3.78. The van der Waals surface area contributed by atoms with Crippen molar-refractivity contribution in [2.75, 3.05) is 27.3 Å². The van der Waals surface area contributed by atoms with E-state index >= 15 is 0 Å². The van der Waals surface area contributed by atoms with E-state index in [4.69, 9.17) is 4.74 Å². The molecule has 0 fully saturated rings. The Morgan fingerprint density at radius 3 is 2.71 bits per heavy atom. The van der Waals surface area contributed by atoms with Crippen molar-refractivity contribution in [3.63, 3.8) is 0 Å². The molecule has 1 aliphatic carbocycles. The third-order valence-corrected chi connectivity index (χ3v) is 3.66. The minimum Gasteiger partial charge on any atom is -0.384 e. The van der Waals surface area contributed by atoms with Crippen LogP contribution in [0.25, 0.3) is 0 Å². The molecule has 0 bridgehead atoms. The fraction of sp³-hybridized carbons (Fsp3) is 0.600. The summed E-state index contributed by atoms with van der Waals surface area (Å²) >= 11 is 0. The largest absolute Gasteiger partial charge is 0.384 e. The SMILES string of the molecule is CNCC(COC)c1ccc2c(c1)CCCC2. The zero-order valence-electron chi connectivity index (χ0n) is 11.0. The first kappa shape index (κ1) is 12.6. The Kier molecular flexibility index (Phi) is 4.57. The lowest BCUT2D eigenvalue weighted by Gasteiger charge is -2.21. The van der Waals surface area contributed by atoms with Crippen LogP contribution in [-0.2, 0) is 17.6 Å². The van der Waals surface area contributed by atoms with Crippen LogP contribution in [0.3, 0.4) is 0 Å². The molecule has 0 amide bonds. The maximum Gasteiger partial charge on any atom is 0.0543 e. The molecule has 1 N–H and O–H groups in total. The van der Waals surface area contributed by atoms with Crippen molar-refractivity contribution in [2.24, 2.45) is 0 Å². The molecule has 1 aromatic rings. The molecule has 0 spiro atoms. The number of likely N-dealkylation sites (N-methyl/N-ethyl adjacent to an activating group) is 1. The predicted molar refractivity (Wildman–Crippen MR) is 71.6 cm³/mol. The van der Waals surface area contributed by atoms with Gasteiger partial charge >= 0.3 is 0 Å². The Morgan fingerprint density at radius 1 is 1.24 bits per heavy atom. The van der Waals surface area contributed by atoms with E-state index in [1.807, 2.05) is 7.05 Å². The first-order valence-corrected chi connectivity index (χ1v) is 6.60. The number of methoxy groups -OCH3 is 1.